The highest BCUT2D eigenvalue weighted by atomic mass is 16.6. The molecule has 0 aromatic heterocycles. The summed E-state index contributed by atoms with van der Waals surface area (Å²) < 4.78 is 21.3. The molecule has 0 aliphatic rings. The van der Waals surface area contributed by atoms with Gasteiger partial charge in [-0.25, -0.2) is 9.59 Å². The Labute approximate surface area is 193 Å². The van der Waals surface area contributed by atoms with Gasteiger partial charge < -0.3 is 18.9 Å². The molecule has 172 valence electrons. The molecule has 0 saturated carbocycles. The van der Waals surface area contributed by atoms with Crippen LogP contribution >= 0.6 is 0 Å². The second-order valence-corrected chi connectivity index (χ2v) is 6.94. The number of nitriles is 1. The van der Waals surface area contributed by atoms with Crippen molar-refractivity contribution in [3.05, 3.63) is 79.4 Å². The van der Waals surface area contributed by atoms with Crippen LogP contribution in [0.25, 0.3) is 11.1 Å². The summed E-state index contributed by atoms with van der Waals surface area (Å²) in [6, 6.07) is 17.3. The highest BCUT2D eigenvalue weighted by Gasteiger charge is 2.15. The molecule has 1 atom stereocenters. The van der Waals surface area contributed by atoms with Gasteiger partial charge in [0.25, 0.3) is 0 Å². The third kappa shape index (κ3) is 9.42. The predicted molar refractivity (Wildman–Crippen MR) is 123 cm³/mol. The highest BCUT2D eigenvalue weighted by molar-refractivity contribution is 5.82. The molecule has 0 saturated heterocycles. The van der Waals surface area contributed by atoms with Crippen molar-refractivity contribution in [3.8, 4) is 22.9 Å². The zero-order valence-corrected chi connectivity index (χ0v) is 18.4. The van der Waals surface area contributed by atoms with Crippen molar-refractivity contribution < 1.29 is 28.5 Å². The number of carbonyl (C=O) groups excluding carboxylic acids is 2. The molecule has 0 spiro atoms. The average molecular weight is 450 g/mol. The van der Waals surface area contributed by atoms with Crippen LogP contribution in [-0.2, 0) is 23.8 Å². The van der Waals surface area contributed by atoms with Crippen LogP contribution in [0.3, 0.4) is 0 Å². The first-order valence-corrected chi connectivity index (χ1v) is 10.5. The fraction of sp³-hybridized carbons (Fsp3) is 0.269. The summed E-state index contributed by atoms with van der Waals surface area (Å²) in [4.78, 5) is 22.6. The van der Waals surface area contributed by atoms with E-state index in [1.807, 2.05) is 36.4 Å². The zero-order chi connectivity index (χ0) is 23.9. The number of carbonyl (C=O) groups is 2. The molecule has 2 aromatic carbocycles. The number of unbranched alkanes of at least 4 members (excludes halogenated alkanes) is 1. The molecule has 0 heterocycles. The maximum absolute atomic E-state index is 11.4. The molecule has 0 aliphatic heterocycles. The quantitative estimate of drug-likeness (QED) is 0.242. The highest BCUT2D eigenvalue weighted by Crippen LogP contribution is 2.23. The van der Waals surface area contributed by atoms with Crippen LogP contribution in [0.2, 0.25) is 0 Å². The normalized spacial score (nSPS) is 11.0. The first-order valence-electron chi connectivity index (χ1n) is 10.5. The van der Waals surface area contributed by atoms with Crippen molar-refractivity contribution in [1.29, 1.82) is 5.26 Å². The summed E-state index contributed by atoms with van der Waals surface area (Å²) in [5.74, 6) is -0.442. The molecule has 0 N–H and O–H groups in total. The lowest BCUT2D eigenvalue weighted by molar-refractivity contribution is -0.156. The standard InChI is InChI=1S/C26H27NO6/c1-3-25(28)32-19-24(33-26(29)4-2)18-30-15-5-6-16-31-23-13-11-22(12-14-23)21-9-7-20(17-27)8-10-21/h3-4,7-14,24H,1-2,5-6,15-16,18-19H2. The van der Waals surface area contributed by atoms with Gasteiger partial charge in [0.1, 0.15) is 12.4 Å². The Kier molecular flexibility index (Phi) is 10.9. The summed E-state index contributed by atoms with van der Waals surface area (Å²) in [7, 11) is 0. The van der Waals surface area contributed by atoms with Crippen LogP contribution in [0.1, 0.15) is 18.4 Å². The maximum atomic E-state index is 11.4. The van der Waals surface area contributed by atoms with Gasteiger partial charge in [-0.15, -0.1) is 0 Å². The number of rotatable bonds is 14. The number of ether oxygens (including phenoxy) is 4. The smallest absolute Gasteiger partial charge is 0.330 e. The van der Waals surface area contributed by atoms with E-state index >= 15 is 0 Å². The predicted octanol–water partition coefficient (Wildman–Crippen LogP) is 4.23. The lowest BCUT2D eigenvalue weighted by Crippen LogP contribution is -2.29. The second-order valence-electron chi connectivity index (χ2n) is 6.94. The van der Waals surface area contributed by atoms with Crippen LogP contribution in [0.4, 0.5) is 0 Å². The zero-order valence-electron chi connectivity index (χ0n) is 18.4. The topological polar surface area (TPSA) is 94.9 Å². The van der Waals surface area contributed by atoms with Gasteiger partial charge in [-0.3, -0.25) is 0 Å². The fourth-order valence-electron chi connectivity index (χ4n) is 2.75. The van der Waals surface area contributed by atoms with Crippen molar-refractivity contribution in [1.82, 2.24) is 0 Å². The maximum Gasteiger partial charge on any atom is 0.330 e. The van der Waals surface area contributed by atoms with Gasteiger partial charge in [-0.1, -0.05) is 37.4 Å². The summed E-state index contributed by atoms with van der Waals surface area (Å²) in [6.45, 7) is 7.61. The Morgan fingerprint density at radius 2 is 1.48 bits per heavy atom. The Morgan fingerprint density at radius 3 is 2.09 bits per heavy atom. The third-order valence-corrected chi connectivity index (χ3v) is 4.48. The monoisotopic (exact) mass is 449 g/mol. The lowest BCUT2D eigenvalue weighted by atomic mass is 10.0. The molecule has 0 radical (unpaired) electrons. The van der Waals surface area contributed by atoms with Crippen LogP contribution in [0, 0.1) is 11.3 Å². The van der Waals surface area contributed by atoms with E-state index < -0.39 is 18.0 Å². The van der Waals surface area contributed by atoms with Crippen molar-refractivity contribution in [2.75, 3.05) is 26.4 Å². The molecule has 2 rings (SSSR count). The minimum absolute atomic E-state index is 0.0989. The van der Waals surface area contributed by atoms with Gasteiger partial charge in [-0.05, 0) is 48.2 Å². The van der Waals surface area contributed by atoms with Crippen LogP contribution in [0.15, 0.2) is 73.8 Å². The van der Waals surface area contributed by atoms with Gasteiger partial charge in [-0.2, -0.15) is 5.26 Å². The molecule has 1 unspecified atom stereocenters. The molecule has 7 nitrogen and oxygen atoms in total. The average Bonchev–Trinajstić information content (AvgIpc) is 2.86. The van der Waals surface area contributed by atoms with Crippen LogP contribution < -0.4 is 4.74 Å². The molecule has 7 heteroatoms. The summed E-state index contributed by atoms with van der Waals surface area (Å²) in [6.07, 6.45) is 2.88. The SMILES string of the molecule is C=CC(=O)OCC(COCCCCOc1ccc(-c2ccc(C#N)cc2)cc1)OC(=O)C=C. The van der Waals surface area contributed by atoms with Crippen molar-refractivity contribution in [2.24, 2.45) is 0 Å². The Balaban J connectivity index is 1.66. The molecule has 0 fully saturated rings. The molecule has 33 heavy (non-hydrogen) atoms. The van der Waals surface area contributed by atoms with E-state index in [1.54, 1.807) is 12.1 Å². The van der Waals surface area contributed by atoms with E-state index in [0.29, 0.717) is 18.8 Å². The Bertz CT molecular complexity index is 960. The minimum atomic E-state index is -0.717. The Hall–Kier alpha value is -3.89. The third-order valence-electron chi connectivity index (χ3n) is 4.48. The number of benzene rings is 2. The summed E-state index contributed by atoms with van der Waals surface area (Å²) >= 11 is 0. The Morgan fingerprint density at radius 1 is 0.879 bits per heavy atom. The number of esters is 2. The van der Waals surface area contributed by atoms with E-state index in [9.17, 15) is 9.59 Å². The lowest BCUT2D eigenvalue weighted by Gasteiger charge is -2.17. The number of hydrogen-bond donors (Lipinski definition) is 0. The molecular weight excluding hydrogens is 422 g/mol. The largest absolute Gasteiger partial charge is 0.494 e. The van der Waals surface area contributed by atoms with Crippen molar-refractivity contribution >= 4 is 11.9 Å². The molecule has 0 amide bonds. The first-order chi connectivity index (χ1) is 16.0. The summed E-state index contributed by atoms with van der Waals surface area (Å²) in [5, 5.41) is 8.88. The molecular formula is C26H27NO6. The van der Waals surface area contributed by atoms with Crippen molar-refractivity contribution in [2.45, 2.75) is 18.9 Å². The van der Waals surface area contributed by atoms with E-state index in [-0.39, 0.29) is 13.2 Å². The van der Waals surface area contributed by atoms with Gasteiger partial charge in [0, 0.05) is 18.8 Å². The van der Waals surface area contributed by atoms with E-state index in [2.05, 4.69) is 19.2 Å². The van der Waals surface area contributed by atoms with Crippen LogP contribution in [0.5, 0.6) is 5.75 Å². The van der Waals surface area contributed by atoms with E-state index in [0.717, 1.165) is 41.9 Å². The van der Waals surface area contributed by atoms with Crippen molar-refractivity contribution in [3.63, 3.8) is 0 Å². The first kappa shape index (κ1) is 25.4. The van der Waals surface area contributed by atoms with E-state index in [4.69, 9.17) is 24.2 Å². The van der Waals surface area contributed by atoms with Gasteiger partial charge in [0.15, 0.2) is 6.10 Å². The number of hydrogen-bond acceptors (Lipinski definition) is 7. The second kappa shape index (κ2) is 14.2. The van der Waals surface area contributed by atoms with E-state index in [1.165, 1.54) is 0 Å². The minimum Gasteiger partial charge on any atom is -0.494 e. The fourth-order valence-corrected chi connectivity index (χ4v) is 2.75. The molecule has 0 aliphatic carbocycles. The van der Waals surface area contributed by atoms with Crippen LogP contribution in [-0.4, -0.2) is 44.5 Å². The molecule has 2 aromatic rings. The van der Waals surface area contributed by atoms with Gasteiger partial charge >= 0.3 is 11.9 Å². The number of nitrogens with zero attached hydrogens (tertiary/aromatic N) is 1. The molecule has 0 bridgehead atoms. The summed E-state index contributed by atoms with van der Waals surface area (Å²) in [5.41, 5.74) is 2.71. The van der Waals surface area contributed by atoms with Gasteiger partial charge in [0.2, 0.25) is 0 Å². The van der Waals surface area contributed by atoms with Gasteiger partial charge in [0.05, 0.1) is 24.8 Å².